The highest BCUT2D eigenvalue weighted by molar-refractivity contribution is 7.13. The summed E-state index contributed by atoms with van der Waals surface area (Å²) in [6.45, 7) is 1.81. The Balaban J connectivity index is 1.80. The lowest BCUT2D eigenvalue weighted by molar-refractivity contribution is 0.189. The number of benzene rings is 1. The second kappa shape index (κ2) is 5.77. The van der Waals surface area contributed by atoms with Gasteiger partial charge in [-0.15, -0.1) is 21.5 Å². The number of hydrogen-bond donors (Lipinski definition) is 0. The molecule has 1 atom stereocenters. The fourth-order valence-corrected chi connectivity index (χ4v) is 2.45. The Labute approximate surface area is 125 Å². The van der Waals surface area contributed by atoms with E-state index in [1.54, 1.807) is 25.1 Å². The maximum Gasteiger partial charge on any atom is 0.257 e. The molecule has 0 aliphatic heterocycles. The lowest BCUT2D eigenvalue weighted by Gasteiger charge is -2.11. The first-order valence-electron chi connectivity index (χ1n) is 6.31. The zero-order valence-electron chi connectivity index (χ0n) is 11.2. The summed E-state index contributed by atoms with van der Waals surface area (Å²) in [7, 11) is 0. The van der Waals surface area contributed by atoms with E-state index in [1.165, 1.54) is 11.3 Å². The smallest absolute Gasteiger partial charge is 0.257 e. The van der Waals surface area contributed by atoms with Crippen LogP contribution in [0, 0.1) is 11.3 Å². The highest BCUT2D eigenvalue weighted by Gasteiger charge is 2.18. The Hall–Kier alpha value is -2.65. The quantitative estimate of drug-likeness (QED) is 0.732. The second-order valence-corrected chi connectivity index (χ2v) is 5.24. The first kappa shape index (κ1) is 13.3. The summed E-state index contributed by atoms with van der Waals surface area (Å²) >= 11 is 1.53. The van der Waals surface area contributed by atoms with E-state index in [4.69, 9.17) is 14.4 Å². The minimum absolute atomic E-state index is 0.381. The molecular formula is C15H11N3O2S. The van der Waals surface area contributed by atoms with Gasteiger partial charge in [-0.2, -0.15) is 5.26 Å². The molecule has 3 rings (SSSR count). The lowest BCUT2D eigenvalue weighted by atomic mass is 10.2. The number of hydrogen-bond acceptors (Lipinski definition) is 6. The molecule has 0 saturated carbocycles. The van der Waals surface area contributed by atoms with E-state index in [0.717, 1.165) is 4.88 Å². The summed E-state index contributed by atoms with van der Waals surface area (Å²) in [5, 5.41) is 19.0. The van der Waals surface area contributed by atoms with Gasteiger partial charge in [0.15, 0.2) is 6.10 Å². The van der Waals surface area contributed by atoms with Crippen molar-refractivity contribution in [2.75, 3.05) is 0 Å². The molecule has 0 spiro atoms. The third-order valence-corrected chi connectivity index (χ3v) is 3.69. The standard InChI is InChI=1S/C15H11N3O2S/c1-10(19-12-6-3-2-5-11(12)9-16)14-17-18-15(20-14)13-7-4-8-21-13/h2-8,10H,1H3/t10-/m0/s1. The minimum atomic E-state index is -0.430. The van der Waals surface area contributed by atoms with Gasteiger partial charge >= 0.3 is 0 Å². The minimum Gasteiger partial charge on any atom is -0.480 e. The molecule has 6 heteroatoms. The molecule has 0 radical (unpaired) electrons. The molecule has 104 valence electrons. The van der Waals surface area contributed by atoms with Gasteiger partial charge in [0.1, 0.15) is 11.8 Å². The van der Waals surface area contributed by atoms with Crippen LogP contribution in [0.2, 0.25) is 0 Å². The molecule has 0 saturated heterocycles. The van der Waals surface area contributed by atoms with E-state index in [1.807, 2.05) is 23.6 Å². The lowest BCUT2D eigenvalue weighted by Crippen LogP contribution is -2.04. The molecule has 0 N–H and O–H groups in total. The fourth-order valence-electron chi connectivity index (χ4n) is 1.80. The maximum absolute atomic E-state index is 9.05. The predicted molar refractivity (Wildman–Crippen MR) is 77.8 cm³/mol. The number of aromatic nitrogens is 2. The number of para-hydroxylation sites is 1. The molecule has 0 amide bonds. The zero-order valence-corrected chi connectivity index (χ0v) is 12.0. The van der Waals surface area contributed by atoms with E-state index >= 15 is 0 Å². The van der Waals surface area contributed by atoms with Crippen molar-refractivity contribution >= 4 is 11.3 Å². The third-order valence-electron chi connectivity index (χ3n) is 2.83. The average molecular weight is 297 g/mol. The molecule has 0 aliphatic rings. The van der Waals surface area contributed by atoms with Crippen LogP contribution in [0.25, 0.3) is 10.8 Å². The first-order valence-corrected chi connectivity index (χ1v) is 7.19. The van der Waals surface area contributed by atoms with Crippen molar-refractivity contribution < 1.29 is 9.15 Å². The Bertz CT molecular complexity index is 774. The van der Waals surface area contributed by atoms with Crippen LogP contribution in [-0.4, -0.2) is 10.2 Å². The van der Waals surface area contributed by atoms with Gasteiger partial charge < -0.3 is 9.15 Å². The van der Waals surface area contributed by atoms with Crippen LogP contribution in [0.4, 0.5) is 0 Å². The van der Waals surface area contributed by atoms with Gasteiger partial charge in [-0.05, 0) is 30.5 Å². The molecule has 5 nitrogen and oxygen atoms in total. The summed E-state index contributed by atoms with van der Waals surface area (Å²) < 4.78 is 11.4. The number of thiophene rings is 1. The topological polar surface area (TPSA) is 71.9 Å². The first-order chi connectivity index (χ1) is 10.3. The van der Waals surface area contributed by atoms with E-state index < -0.39 is 6.10 Å². The molecule has 21 heavy (non-hydrogen) atoms. The van der Waals surface area contributed by atoms with Gasteiger partial charge in [-0.1, -0.05) is 18.2 Å². The van der Waals surface area contributed by atoms with E-state index in [9.17, 15) is 0 Å². The predicted octanol–water partition coefficient (Wildman–Crippen LogP) is 3.81. The summed E-state index contributed by atoms with van der Waals surface area (Å²) in [5.41, 5.74) is 0.474. The van der Waals surface area contributed by atoms with Crippen LogP contribution in [0.5, 0.6) is 5.75 Å². The Morgan fingerprint density at radius 2 is 2.10 bits per heavy atom. The largest absolute Gasteiger partial charge is 0.480 e. The molecule has 3 aromatic rings. The van der Waals surface area contributed by atoms with Crippen LogP contribution in [0.1, 0.15) is 24.5 Å². The van der Waals surface area contributed by atoms with Crippen molar-refractivity contribution in [3.8, 4) is 22.6 Å². The Kier molecular flexibility index (Phi) is 3.67. The number of rotatable bonds is 4. The van der Waals surface area contributed by atoms with Crippen LogP contribution >= 0.6 is 11.3 Å². The molecule has 0 bridgehead atoms. The van der Waals surface area contributed by atoms with Crippen LogP contribution < -0.4 is 4.74 Å². The van der Waals surface area contributed by atoms with E-state index in [0.29, 0.717) is 23.1 Å². The number of nitrogens with zero attached hydrogens (tertiary/aromatic N) is 3. The van der Waals surface area contributed by atoms with Crippen LogP contribution in [0.15, 0.2) is 46.2 Å². The monoisotopic (exact) mass is 297 g/mol. The van der Waals surface area contributed by atoms with E-state index in [-0.39, 0.29) is 0 Å². The van der Waals surface area contributed by atoms with Crippen molar-refractivity contribution in [2.24, 2.45) is 0 Å². The zero-order chi connectivity index (χ0) is 14.7. The van der Waals surface area contributed by atoms with Gasteiger partial charge in [0, 0.05) is 0 Å². The van der Waals surface area contributed by atoms with E-state index in [2.05, 4.69) is 16.3 Å². The fraction of sp³-hybridized carbons (Fsp3) is 0.133. The molecule has 0 fully saturated rings. The van der Waals surface area contributed by atoms with Crippen molar-refractivity contribution in [3.05, 3.63) is 53.2 Å². The van der Waals surface area contributed by atoms with Crippen molar-refractivity contribution in [1.29, 1.82) is 5.26 Å². The number of ether oxygens (including phenoxy) is 1. The van der Waals surface area contributed by atoms with Crippen LogP contribution in [0.3, 0.4) is 0 Å². The normalized spacial score (nSPS) is 11.8. The molecule has 0 aliphatic carbocycles. The van der Waals surface area contributed by atoms with Gasteiger partial charge in [-0.3, -0.25) is 0 Å². The highest BCUT2D eigenvalue weighted by atomic mass is 32.1. The molecule has 1 aromatic carbocycles. The van der Waals surface area contributed by atoms with Crippen molar-refractivity contribution in [2.45, 2.75) is 13.0 Å². The molecule has 2 aromatic heterocycles. The molecule has 2 heterocycles. The van der Waals surface area contributed by atoms with Gasteiger partial charge in [-0.25, -0.2) is 0 Å². The molecule has 0 unspecified atom stereocenters. The summed E-state index contributed by atoms with van der Waals surface area (Å²) in [4.78, 5) is 0.915. The van der Waals surface area contributed by atoms with Gasteiger partial charge in [0.25, 0.3) is 11.8 Å². The Morgan fingerprint density at radius 3 is 2.86 bits per heavy atom. The third kappa shape index (κ3) is 2.78. The van der Waals surface area contributed by atoms with Gasteiger partial charge in [0.2, 0.25) is 0 Å². The van der Waals surface area contributed by atoms with Gasteiger partial charge in [0.05, 0.1) is 10.4 Å². The summed E-state index contributed by atoms with van der Waals surface area (Å²) in [6.07, 6.45) is -0.430. The highest BCUT2D eigenvalue weighted by Crippen LogP contribution is 2.28. The van der Waals surface area contributed by atoms with Crippen molar-refractivity contribution in [1.82, 2.24) is 10.2 Å². The average Bonchev–Trinajstić information content (AvgIpc) is 3.18. The Morgan fingerprint density at radius 1 is 1.24 bits per heavy atom. The summed E-state index contributed by atoms with van der Waals surface area (Å²) in [6, 6.07) is 13.0. The second-order valence-electron chi connectivity index (χ2n) is 4.29. The van der Waals surface area contributed by atoms with Crippen molar-refractivity contribution in [3.63, 3.8) is 0 Å². The van der Waals surface area contributed by atoms with Crippen LogP contribution in [-0.2, 0) is 0 Å². The SMILES string of the molecule is C[C@H](Oc1ccccc1C#N)c1nnc(-c2cccs2)o1. The maximum atomic E-state index is 9.05. The summed E-state index contributed by atoms with van der Waals surface area (Å²) in [5.74, 6) is 1.36. The molecular weight excluding hydrogens is 286 g/mol. The number of nitriles is 1.